The molecule has 0 aliphatic rings. The molecule has 3 rings (SSSR count). The molecule has 0 radical (unpaired) electrons. The largest absolute Gasteiger partial charge is 0.478 e. The second kappa shape index (κ2) is 5.02. The number of nitrogens with zero attached hydrogens (tertiary/aromatic N) is 1. The van der Waals surface area contributed by atoms with Crippen LogP contribution in [0.25, 0.3) is 22.0 Å². The van der Waals surface area contributed by atoms with E-state index in [9.17, 15) is 9.90 Å². The van der Waals surface area contributed by atoms with Gasteiger partial charge in [-0.05, 0) is 25.5 Å². The highest BCUT2D eigenvalue weighted by atomic mass is 16.4. The van der Waals surface area contributed by atoms with Crippen LogP contribution in [0.15, 0.2) is 48.5 Å². The number of carbonyl (C=O) groups is 1. The molecule has 3 nitrogen and oxygen atoms in total. The average molecular weight is 277 g/mol. The summed E-state index contributed by atoms with van der Waals surface area (Å²) in [7, 11) is 0. The smallest absolute Gasteiger partial charge is 0.336 e. The maximum absolute atomic E-state index is 11.4. The van der Waals surface area contributed by atoms with Gasteiger partial charge in [-0.15, -0.1) is 0 Å². The molecule has 0 fully saturated rings. The Kier molecular flexibility index (Phi) is 3.18. The summed E-state index contributed by atoms with van der Waals surface area (Å²) in [5.74, 6) is -0.924. The van der Waals surface area contributed by atoms with Crippen molar-refractivity contribution in [3.05, 3.63) is 65.4 Å². The predicted molar refractivity (Wildman–Crippen MR) is 83.6 cm³/mol. The number of hydrogen-bond acceptors (Lipinski definition) is 2. The molecular weight excluding hydrogens is 262 g/mol. The van der Waals surface area contributed by atoms with Crippen molar-refractivity contribution in [1.82, 2.24) is 4.98 Å². The lowest BCUT2D eigenvalue weighted by Gasteiger charge is -2.09. The van der Waals surface area contributed by atoms with Crippen LogP contribution in [-0.2, 0) is 0 Å². The van der Waals surface area contributed by atoms with Gasteiger partial charge in [0.1, 0.15) is 0 Å². The van der Waals surface area contributed by atoms with Gasteiger partial charge >= 0.3 is 5.97 Å². The quantitative estimate of drug-likeness (QED) is 0.763. The first-order valence-electron chi connectivity index (χ1n) is 6.77. The summed E-state index contributed by atoms with van der Waals surface area (Å²) in [6.45, 7) is 3.86. The van der Waals surface area contributed by atoms with E-state index >= 15 is 0 Å². The fourth-order valence-corrected chi connectivity index (χ4v) is 2.52. The maximum Gasteiger partial charge on any atom is 0.336 e. The van der Waals surface area contributed by atoms with E-state index in [1.165, 1.54) is 5.56 Å². The van der Waals surface area contributed by atoms with Crippen molar-refractivity contribution in [3.8, 4) is 11.1 Å². The molecule has 3 heteroatoms. The number of aromatic carboxylic acids is 1. The maximum atomic E-state index is 11.4. The first-order valence-corrected chi connectivity index (χ1v) is 6.77. The Balaban J connectivity index is 2.34. The lowest BCUT2D eigenvalue weighted by atomic mass is 9.98. The first-order chi connectivity index (χ1) is 10.1. The molecule has 1 N–H and O–H groups in total. The van der Waals surface area contributed by atoms with E-state index in [2.05, 4.69) is 4.98 Å². The minimum absolute atomic E-state index is 0.298. The van der Waals surface area contributed by atoms with Crippen LogP contribution >= 0.6 is 0 Å². The molecule has 1 aromatic heterocycles. The van der Waals surface area contributed by atoms with Crippen LogP contribution in [0.1, 0.15) is 21.6 Å². The van der Waals surface area contributed by atoms with Gasteiger partial charge in [0.05, 0.1) is 11.1 Å². The van der Waals surface area contributed by atoms with Gasteiger partial charge in [0.25, 0.3) is 0 Å². The minimum atomic E-state index is -0.924. The van der Waals surface area contributed by atoms with Crippen molar-refractivity contribution < 1.29 is 9.90 Å². The Labute approximate surface area is 122 Å². The molecule has 0 amide bonds. The van der Waals surface area contributed by atoms with Crippen LogP contribution in [0.3, 0.4) is 0 Å². The van der Waals surface area contributed by atoms with Crippen molar-refractivity contribution in [2.24, 2.45) is 0 Å². The molecule has 0 bridgehead atoms. The van der Waals surface area contributed by atoms with Gasteiger partial charge in [0, 0.05) is 16.6 Å². The SMILES string of the molecule is Cc1ccc(-c2cccc3c(C(=O)O)cc(C)nc23)cc1. The molecule has 21 heavy (non-hydrogen) atoms. The van der Waals surface area contributed by atoms with Crippen LogP contribution in [-0.4, -0.2) is 16.1 Å². The van der Waals surface area contributed by atoms with Crippen LogP contribution in [0.5, 0.6) is 0 Å². The third-order valence-corrected chi connectivity index (χ3v) is 3.56. The highest BCUT2D eigenvalue weighted by Crippen LogP contribution is 2.29. The molecule has 0 aliphatic carbocycles. The van der Waals surface area contributed by atoms with E-state index in [0.29, 0.717) is 16.6 Å². The van der Waals surface area contributed by atoms with Crippen molar-refractivity contribution >= 4 is 16.9 Å². The highest BCUT2D eigenvalue weighted by molar-refractivity contribution is 6.06. The van der Waals surface area contributed by atoms with Crippen molar-refractivity contribution in [2.45, 2.75) is 13.8 Å². The summed E-state index contributed by atoms with van der Waals surface area (Å²) in [5.41, 5.74) is 4.93. The number of carboxylic acids is 1. The second-order valence-corrected chi connectivity index (χ2v) is 5.18. The van der Waals surface area contributed by atoms with E-state index < -0.39 is 5.97 Å². The Morgan fingerprint density at radius 3 is 2.43 bits per heavy atom. The topological polar surface area (TPSA) is 50.2 Å². The van der Waals surface area contributed by atoms with Crippen molar-refractivity contribution in [1.29, 1.82) is 0 Å². The second-order valence-electron chi connectivity index (χ2n) is 5.18. The number of carboxylic acid groups (broad SMARTS) is 1. The molecule has 1 heterocycles. The Morgan fingerprint density at radius 1 is 1.05 bits per heavy atom. The number of hydrogen-bond donors (Lipinski definition) is 1. The monoisotopic (exact) mass is 277 g/mol. The average Bonchev–Trinajstić information content (AvgIpc) is 2.46. The molecular formula is C18H15NO2. The molecule has 0 spiro atoms. The zero-order chi connectivity index (χ0) is 15.0. The number of aromatic nitrogens is 1. The number of fused-ring (bicyclic) bond motifs is 1. The molecule has 3 aromatic rings. The Hall–Kier alpha value is -2.68. The normalized spacial score (nSPS) is 10.8. The Morgan fingerprint density at radius 2 is 1.76 bits per heavy atom. The third kappa shape index (κ3) is 2.38. The predicted octanol–water partition coefficient (Wildman–Crippen LogP) is 4.22. The van der Waals surface area contributed by atoms with E-state index in [0.717, 1.165) is 16.6 Å². The molecule has 0 saturated carbocycles. The van der Waals surface area contributed by atoms with E-state index in [4.69, 9.17) is 0 Å². The van der Waals surface area contributed by atoms with Gasteiger partial charge in [0.2, 0.25) is 0 Å². The fraction of sp³-hybridized carbons (Fsp3) is 0.111. The number of pyridine rings is 1. The van der Waals surface area contributed by atoms with Gasteiger partial charge in [-0.3, -0.25) is 4.98 Å². The molecule has 0 atom stereocenters. The number of para-hydroxylation sites is 1. The lowest BCUT2D eigenvalue weighted by Crippen LogP contribution is -2.01. The zero-order valence-corrected chi connectivity index (χ0v) is 11.9. The van der Waals surface area contributed by atoms with Crippen molar-refractivity contribution in [2.75, 3.05) is 0 Å². The molecule has 0 saturated heterocycles. The van der Waals surface area contributed by atoms with Crippen LogP contribution in [0.4, 0.5) is 0 Å². The standard InChI is InChI=1S/C18H15NO2/c1-11-6-8-13(9-7-11)14-4-3-5-15-16(18(20)21)10-12(2)19-17(14)15/h3-10H,1-2H3,(H,20,21). The minimum Gasteiger partial charge on any atom is -0.478 e. The summed E-state index contributed by atoms with van der Waals surface area (Å²) in [6.07, 6.45) is 0. The van der Waals surface area contributed by atoms with Crippen LogP contribution in [0, 0.1) is 13.8 Å². The molecule has 0 unspecified atom stereocenters. The number of benzene rings is 2. The lowest BCUT2D eigenvalue weighted by molar-refractivity contribution is 0.0699. The first kappa shape index (κ1) is 13.3. The number of aryl methyl sites for hydroxylation is 2. The van der Waals surface area contributed by atoms with Crippen LogP contribution in [0.2, 0.25) is 0 Å². The summed E-state index contributed by atoms with van der Waals surface area (Å²) >= 11 is 0. The van der Waals surface area contributed by atoms with Crippen molar-refractivity contribution in [3.63, 3.8) is 0 Å². The van der Waals surface area contributed by atoms with Crippen LogP contribution < -0.4 is 0 Å². The number of rotatable bonds is 2. The molecule has 2 aromatic carbocycles. The zero-order valence-electron chi connectivity index (χ0n) is 11.9. The van der Waals surface area contributed by atoms with E-state index in [1.54, 1.807) is 6.07 Å². The van der Waals surface area contributed by atoms with Gasteiger partial charge in [-0.1, -0.05) is 48.0 Å². The van der Waals surface area contributed by atoms with Gasteiger partial charge in [-0.2, -0.15) is 0 Å². The van der Waals surface area contributed by atoms with Gasteiger partial charge in [0.15, 0.2) is 0 Å². The van der Waals surface area contributed by atoms with E-state index in [1.807, 2.05) is 56.3 Å². The summed E-state index contributed by atoms with van der Waals surface area (Å²) in [5, 5.41) is 10.0. The Bertz CT molecular complexity index is 836. The molecule has 0 aliphatic heterocycles. The van der Waals surface area contributed by atoms with E-state index in [-0.39, 0.29) is 0 Å². The van der Waals surface area contributed by atoms with Gasteiger partial charge in [-0.25, -0.2) is 4.79 Å². The summed E-state index contributed by atoms with van der Waals surface area (Å²) < 4.78 is 0. The van der Waals surface area contributed by atoms with Gasteiger partial charge < -0.3 is 5.11 Å². The molecule has 104 valence electrons. The highest BCUT2D eigenvalue weighted by Gasteiger charge is 2.13. The fourth-order valence-electron chi connectivity index (χ4n) is 2.52. The summed E-state index contributed by atoms with van der Waals surface area (Å²) in [4.78, 5) is 16.0. The third-order valence-electron chi connectivity index (χ3n) is 3.56. The summed E-state index contributed by atoms with van der Waals surface area (Å²) in [6, 6.07) is 15.4.